The zero-order chi connectivity index (χ0) is 15.4. The van der Waals surface area contributed by atoms with Crippen molar-refractivity contribution >= 4 is 5.91 Å². The van der Waals surface area contributed by atoms with Crippen molar-refractivity contribution in [3.63, 3.8) is 0 Å². The SMILES string of the molecule is Cn1cc(-c2ccncc2)cc1C(=O)NCc1ccncc1. The summed E-state index contributed by atoms with van der Waals surface area (Å²) in [4.78, 5) is 20.3. The van der Waals surface area contributed by atoms with Gasteiger partial charge in [0.15, 0.2) is 0 Å². The average Bonchev–Trinajstić information content (AvgIpc) is 2.96. The fourth-order valence-electron chi connectivity index (χ4n) is 2.27. The van der Waals surface area contributed by atoms with Crippen molar-refractivity contribution in [2.45, 2.75) is 6.54 Å². The monoisotopic (exact) mass is 292 g/mol. The molecule has 22 heavy (non-hydrogen) atoms. The molecule has 0 saturated carbocycles. The molecule has 0 saturated heterocycles. The zero-order valence-electron chi connectivity index (χ0n) is 12.2. The Morgan fingerprint density at radius 2 is 1.68 bits per heavy atom. The van der Waals surface area contributed by atoms with E-state index >= 15 is 0 Å². The van der Waals surface area contributed by atoms with Gasteiger partial charge in [-0.1, -0.05) is 0 Å². The second-order valence-electron chi connectivity index (χ2n) is 5.00. The Morgan fingerprint density at radius 3 is 2.36 bits per heavy atom. The van der Waals surface area contributed by atoms with E-state index in [1.165, 1.54) is 0 Å². The van der Waals surface area contributed by atoms with Gasteiger partial charge in [0.1, 0.15) is 5.69 Å². The second kappa shape index (κ2) is 6.22. The Bertz CT molecular complexity index is 766. The van der Waals surface area contributed by atoms with E-state index in [1.54, 1.807) is 24.8 Å². The van der Waals surface area contributed by atoms with Gasteiger partial charge in [0.25, 0.3) is 5.91 Å². The molecule has 5 nitrogen and oxygen atoms in total. The van der Waals surface area contributed by atoms with Crippen molar-refractivity contribution in [1.82, 2.24) is 19.9 Å². The summed E-state index contributed by atoms with van der Waals surface area (Å²) in [6.07, 6.45) is 8.85. The number of pyridine rings is 2. The van der Waals surface area contributed by atoms with Crippen molar-refractivity contribution in [2.24, 2.45) is 7.05 Å². The summed E-state index contributed by atoms with van der Waals surface area (Å²) in [5.74, 6) is -0.0976. The number of amides is 1. The van der Waals surface area contributed by atoms with Crippen LogP contribution in [0.1, 0.15) is 16.1 Å². The quantitative estimate of drug-likeness (QED) is 0.803. The molecule has 0 unspecified atom stereocenters. The Morgan fingerprint density at radius 1 is 1.05 bits per heavy atom. The van der Waals surface area contributed by atoms with Crippen LogP contribution in [0.5, 0.6) is 0 Å². The van der Waals surface area contributed by atoms with Crippen molar-refractivity contribution in [1.29, 1.82) is 0 Å². The number of carbonyl (C=O) groups is 1. The van der Waals surface area contributed by atoms with E-state index in [4.69, 9.17) is 0 Å². The van der Waals surface area contributed by atoms with Gasteiger partial charge in [0.2, 0.25) is 0 Å². The summed E-state index contributed by atoms with van der Waals surface area (Å²) >= 11 is 0. The first-order valence-corrected chi connectivity index (χ1v) is 6.98. The van der Waals surface area contributed by atoms with Gasteiger partial charge in [0.05, 0.1) is 0 Å². The highest BCUT2D eigenvalue weighted by Crippen LogP contribution is 2.20. The Labute approximate surface area is 128 Å². The van der Waals surface area contributed by atoms with Gasteiger partial charge in [-0.3, -0.25) is 14.8 Å². The van der Waals surface area contributed by atoms with E-state index in [-0.39, 0.29) is 5.91 Å². The molecule has 3 heterocycles. The first kappa shape index (κ1) is 14.0. The first-order valence-electron chi connectivity index (χ1n) is 6.98. The lowest BCUT2D eigenvalue weighted by Crippen LogP contribution is -2.24. The van der Waals surface area contributed by atoms with Crippen LogP contribution in [0.3, 0.4) is 0 Å². The number of carbonyl (C=O) groups excluding carboxylic acids is 1. The van der Waals surface area contributed by atoms with Gasteiger partial charge in [-0.25, -0.2) is 0 Å². The lowest BCUT2D eigenvalue weighted by molar-refractivity contribution is 0.0943. The van der Waals surface area contributed by atoms with Crippen LogP contribution in [-0.4, -0.2) is 20.4 Å². The fraction of sp³-hybridized carbons (Fsp3) is 0.118. The molecule has 5 heteroatoms. The largest absolute Gasteiger partial charge is 0.347 e. The third-order valence-corrected chi connectivity index (χ3v) is 3.45. The average molecular weight is 292 g/mol. The highest BCUT2D eigenvalue weighted by molar-refractivity contribution is 5.94. The Hall–Kier alpha value is -2.95. The maximum absolute atomic E-state index is 12.3. The molecule has 3 rings (SSSR count). The van der Waals surface area contributed by atoms with Crippen molar-refractivity contribution in [2.75, 3.05) is 0 Å². The van der Waals surface area contributed by atoms with Gasteiger partial charge in [0, 0.05) is 50.1 Å². The fourth-order valence-corrected chi connectivity index (χ4v) is 2.27. The Balaban J connectivity index is 1.74. The standard InChI is InChI=1S/C17H16N4O/c1-21-12-15(14-4-8-19-9-5-14)10-16(21)17(22)20-11-13-2-6-18-7-3-13/h2-10,12H,11H2,1H3,(H,20,22). The maximum atomic E-state index is 12.3. The van der Waals surface area contributed by atoms with Crippen molar-refractivity contribution < 1.29 is 4.79 Å². The molecule has 0 aliphatic rings. The minimum atomic E-state index is -0.0976. The molecule has 3 aromatic heterocycles. The van der Waals surface area contributed by atoms with Crippen LogP contribution in [0.4, 0.5) is 0 Å². The van der Waals surface area contributed by atoms with Gasteiger partial charge >= 0.3 is 0 Å². The summed E-state index contributed by atoms with van der Waals surface area (Å²) in [7, 11) is 1.87. The number of nitrogens with one attached hydrogen (secondary N) is 1. The Kier molecular flexibility index (Phi) is 3.96. The van der Waals surface area contributed by atoms with Gasteiger partial charge < -0.3 is 9.88 Å². The number of aromatic nitrogens is 3. The normalized spacial score (nSPS) is 10.4. The number of aryl methyl sites for hydroxylation is 1. The van der Waals surface area contributed by atoms with E-state index in [9.17, 15) is 4.79 Å². The lowest BCUT2D eigenvalue weighted by Gasteiger charge is -2.05. The molecule has 1 N–H and O–H groups in total. The maximum Gasteiger partial charge on any atom is 0.268 e. The zero-order valence-corrected chi connectivity index (χ0v) is 12.2. The van der Waals surface area contributed by atoms with Crippen LogP contribution in [0.2, 0.25) is 0 Å². The van der Waals surface area contributed by atoms with E-state index in [1.807, 2.05) is 48.1 Å². The van der Waals surface area contributed by atoms with E-state index in [0.717, 1.165) is 16.7 Å². The summed E-state index contributed by atoms with van der Waals surface area (Å²) < 4.78 is 1.83. The minimum Gasteiger partial charge on any atom is -0.347 e. The number of hydrogen-bond donors (Lipinski definition) is 1. The molecule has 0 aliphatic carbocycles. The summed E-state index contributed by atoms with van der Waals surface area (Å²) in [5.41, 5.74) is 3.69. The summed E-state index contributed by atoms with van der Waals surface area (Å²) in [6.45, 7) is 0.483. The van der Waals surface area contributed by atoms with Crippen LogP contribution in [0.25, 0.3) is 11.1 Å². The van der Waals surface area contributed by atoms with E-state index in [0.29, 0.717) is 12.2 Å². The molecule has 0 bridgehead atoms. The van der Waals surface area contributed by atoms with E-state index in [2.05, 4.69) is 15.3 Å². The van der Waals surface area contributed by atoms with Crippen molar-refractivity contribution in [3.05, 3.63) is 72.6 Å². The van der Waals surface area contributed by atoms with Crippen molar-refractivity contribution in [3.8, 4) is 11.1 Å². The van der Waals surface area contributed by atoms with Gasteiger partial charge in [-0.05, 0) is 41.5 Å². The molecular formula is C17H16N4O. The van der Waals surface area contributed by atoms with Crippen LogP contribution in [0, 0.1) is 0 Å². The number of hydrogen-bond acceptors (Lipinski definition) is 3. The highest BCUT2D eigenvalue weighted by Gasteiger charge is 2.12. The third kappa shape index (κ3) is 3.03. The van der Waals surface area contributed by atoms with Gasteiger partial charge in [-0.2, -0.15) is 0 Å². The molecule has 3 aromatic rings. The molecule has 110 valence electrons. The van der Waals surface area contributed by atoms with Crippen LogP contribution >= 0.6 is 0 Å². The molecule has 0 aromatic carbocycles. The molecule has 0 radical (unpaired) electrons. The molecule has 1 amide bonds. The molecule has 0 aliphatic heterocycles. The van der Waals surface area contributed by atoms with E-state index < -0.39 is 0 Å². The minimum absolute atomic E-state index is 0.0976. The second-order valence-corrected chi connectivity index (χ2v) is 5.00. The summed E-state index contributed by atoms with van der Waals surface area (Å²) in [6, 6.07) is 9.50. The smallest absolute Gasteiger partial charge is 0.268 e. The molecule has 0 spiro atoms. The highest BCUT2D eigenvalue weighted by atomic mass is 16.1. The summed E-state index contributed by atoms with van der Waals surface area (Å²) in [5, 5.41) is 2.92. The number of nitrogens with zero attached hydrogens (tertiary/aromatic N) is 3. The van der Waals surface area contributed by atoms with Crippen LogP contribution in [0.15, 0.2) is 61.3 Å². The molecule has 0 atom stereocenters. The first-order chi connectivity index (χ1) is 10.7. The third-order valence-electron chi connectivity index (χ3n) is 3.45. The van der Waals surface area contributed by atoms with Crippen LogP contribution < -0.4 is 5.32 Å². The predicted molar refractivity (Wildman–Crippen MR) is 84.1 cm³/mol. The van der Waals surface area contributed by atoms with Gasteiger partial charge in [-0.15, -0.1) is 0 Å². The molecular weight excluding hydrogens is 276 g/mol. The topological polar surface area (TPSA) is 59.8 Å². The lowest BCUT2D eigenvalue weighted by atomic mass is 10.1. The van der Waals surface area contributed by atoms with Crippen LogP contribution in [-0.2, 0) is 13.6 Å². The number of rotatable bonds is 4. The molecule has 0 fully saturated rings. The predicted octanol–water partition coefficient (Wildman–Crippen LogP) is 2.41.